The van der Waals surface area contributed by atoms with Crippen LogP contribution in [-0.4, -0.2) is 23.9 Å². The highest BCUT2D eigenvalue weighted by molar-refractivity contribution is 6.17. The van der Waals surface area contributed by atoms with Crippen LogP contribution in [0.5, 0.6) is 0 Å². The summed E-state index contributed by atoms with van der Waals surface area (Å²) in [4.78, 5) is 21.7. The van der Waals surface area contributed by atoms with Gasteiger partial charge in [0.15, 0.2) is 11.6 Å². The molecule has 160 valence electrons. The first kappa shape index (κ1) is 21.4. The minimum atomic E-state index is -0.00198. The van der Waals surface area contributed by atoms with Crippen LogP contribution in [0.1, 0.15) is 79.6 Å². The number of hydrogen-bond donors (Lipinski definition) is 0. The van der Waals surface area contributed by atoms with Crippen LogP contribution in [0.15, 0.2) is 59.0 Å². The molecule has 0 saturated carbocycles. The Balaban J connectivity index is 1.56. The zero-order valence-electron chi connectivity index (χ0n) is 19.2. The van der Waals surface area contributed by atoms with Crippen molar-refractivity contribution in [1.29, 1.82) is 0 Å². The van der Waals surface area contributed by atoms with Gasteiger partial charge >= 0.3 is 0 Å². The van der Waals surface area contributed by atoms with Crippen molar-refractivity contribution in [3.8, 4) is 0 Å². The Kier molecular flexibility index (Phi) is 5.79. The van der Waals surface area contributed by atoms with Crippen molar-refractivity contribution >= 4 is 22.9 Å². The number of allylic oxidation sites excluding steroid dienone is 1. The van der Waals surface area contributed by atoms with Gasteiger partial charge in [-0.2, -0.15) is 0 Å². The zero-order chi connectivity index (χ0) is 22.2. The van der Waals surface area contributed by atoms with Crippen LogP contribution in [0.4, 0.5) is 0 Å². The topological polar surface area (TPSA) is 41.8 Å². The smallest absolute Gasteiger partial charge is 0.165 e. The largest absolute Gasteiger partial charge is 0.294 e. The van der Waals surface area contributed by atoms with E-state index in [2.05, 4.69) is 43.6 Å². The molecule has 0 saturated heterocycles. The molecule has 0 radical (unpaired) electrons. The third kappa shape index (κ3) is 4.06. The molecule has 0 unspecified atom stereocenters. The van der Waals surface area contributed by atoms with Gasteiger partial charge in [-0.1, -0.05) is 70.7 Å². The van der Waals surface area contributed by atoms with E-state index in [0.29, 0.717) is 12.0 Å². The Bertz CT molecular complexity index is 1080. The second-order valence-electron chi connectivity index (χ2n) is 9.33. The summed E-state index contributed by atoms with van der Waals surface area (Å²) in [7, 11) is 0. The van der Waals surface area contributed by atoms with Crippen molar-refractivity contribution in [2.75, 3.05) is 6.54 Å². The summed E-state index contributed by atoms with van der Waals surface area (Å²) in [6, 6.07) is 14.4. The third-order valence-corrected chi connectivity index (χ3v) is 7.05. The Hall–Kier alpha value is -2.81. The first-order valence-electron chi connectivity index (χ1n) is 11.4. The lowest BCUT2D eigenvalue weighted by Crippen LogP contribution is -2.27. The molecule has 0 spiro atoms. The standard InChI is InChI=1S/C28H32N2O/c1-6-28(7-2)15-19(5)24-14-22(12-13-23(24)16-28)25-17-29-27(30-25)21-10-8-20(9-11-21)26(31)18(3)4/h8-14,18H,5-7,15-17H2,1-4H3. The van der Waals surface area contributed by atoms with Crippen molar-refractivity contribution in [2.45, 2.75) is 53.4 Å². The van der Waals surface area contributed by atoms with Crippen LogP contribution in [0.3, 0.4) is 0 Å². The minimum Gasteiger partial charge on any atom is -0.294 e. The number of carbonyl (C=O) groups is 1. The van der Waals surface area contributed by atoms with Crippen LogP contribution < -0.4 is 0 Å². The normalized spacial score (nSPS) is 17.4. The molecule has 0 N–H and O–H groups in total. The van der Waals surface area contributed by atoms with Crippen LogP contribution in [-0.2, 0) is 6.42 Å². The molecular formula is C28H32N2O. The highest BCUT2D eigenvalue weighted by Gasteiger charge is 2.33. The number of hydrogen-bond acceptors (Lipinski definition) is 3. The number of rotatable bonds is 6. The second kappa shape index (κ2) is 8.37. The molecular weight excluding hydrogens is 380 g/mol. The van der Waals surface area contributed by atoms with E-state index in [9.17, 15) is 4.79 Å². The molecule has 1 aliphatic carbocycles. The van der Waals surface area contributed by atoms with E-state index >= 15 is 0 Å². The maximum Gasteiger partial charge on any atom is 0.165 e. The predicted octanol–water partition coefficient (Wildman–Crippen LogP) is 6.54. The highest BCUT2D eigenvalue weighted by atomic mass is 16.1. The van der Waals surface area contributed by atoms with E-state index in [-0.39, 0.29) is 11.7 Å². The van der Waals surface area contributed by atoms with E-state index < -0.39 is 0 Å². The van der Waals surface area contributed by atoms with Crippen molar-refractivity contribution in [2.24, 2.45) is 21.3 Å². The first-order valence-corrected chi connectivity index (χ1v) is 11.4. The molecule has 0 atom stereocenters. The Labute approximate surface area is 186 Å². The fourth-order valence-corrected chi connectivity index (χ4v) is 4.78. The summed E-state index contributed by atoms with van der Waals surface area (Å²) >= 11 is 0. The number of aliphatic imine (C=N–C) groups is 2. The lowest BCUT2D eigenvalue weighted by molar-refractivity contribution is 0.0939. The van der Waals surface area contributed by atoms with E-state index in [4.69, 9.17) is 4.99 Å². The minimum absolute atomic E-state index is 0.00198. The number of fused-ring (bicyclic) bond motifs is 1. The van der Waals surface area contributed by atoms with Gasteiger partial charge in [-0.15, -0.1) is 0 Å². The Morgan fingerprint density at radius 3 is 2.35 bits per heavy atom. The number of Topliss-reactive ketones (excluding diaryl/α,β-unsaturated/α-hetero) is 1. The molecule has 0 amide bonds. The fraction of sp³-hybridized carbons (Fsp3) is 0.393. The molecule has 2 aliphatic rings. The van der Waals surface area contributed by atoms with Crippen molar-refractivity contribution in [3.05, 3.63) is 76.9 Å². The number of carbonyl (C=O) groups excluding carboxylic acids is 1. The van der Waals surface area contributed by atoms with Crippen molar-refractivity contribution in [3.63, 3.8) is 0 Å². The van der Waals surface area contributed by atoms with Crippen LogP contribution in [0, 0.1) is 11.3 Å². The molecule has 3 nitrogen and oxygen atoms in total. The molecule has 1 aliphatic heterocycles. The molecule has 0 bridgehead atoms. The average molecular weight is 413 g/mol. The molecule has 2 aromatic rings. The zero-order valence-corrected chi connectivity index (χ0v) is 19.2. The molecule has 0 aromatic heterocycles. The summed E-state index contributed by atoms with van der Waals surface area (Å²) in [5.74, 6) is 0.900. The predicted molar refractivity (Wildman–Crippen MR) is 130 cm³/mol. The maximum absolute atomic E-state index is 12.2. The monoisotopic (exact) mass is 412 g/mol. The van der Waals surface area contributed by atoms with Gasteiger partial charge in [-0.25, -0.2) is 4.99 Å². The summed E-state index contributed by atoms with van der Waals surface area (Å²) < 4.78 is 0. The number of benzene rings is 2. The van der Waals surface area contributed by atoms with Crippen LogP contribution in [0.25, 0.3) is 5.57 Å². The average Bonchev–Trinajstić information content (AvgIpc) is 3.28. The molecule has 3 heteroatoms. The van der Waals surface area contributed by atoms with Gasteiger partial charge < -0.3 is 0 Å². The first-order chi connectivity index (χ1) is 14.9. The molecule has 0 fully saturated rings. The van der Waals surface area contributed by atoms with Crippen molar-refractivity contribution in [1.82, 2.24) is 0 Å². The van der Waals surface area contributed by atoms with E-state index in [0.717, 1.165) is 41.1 Å². The quantitative estimate of drug-likeness (QED) is 0.497. The van der Waals surface area contributed by atoms with Crippen molar-refractivity contribution < 1.29 is 4.79 Å². The van der Waals surface area contributed by atoms with Crippen LogP contribution >= 0.6 is 0 Å². The molecule has 1 heterocycles. The highest BCUT2D eigenvalue weighted by Crippen LogP contribution is 2.45. The van der Waals surface area contributed by atoms with Crippen LogP contribution in [0.2, 0.25) is 0 Å². The van der Waals surface area contributed by atoms with E-state index in [1.807, 2.05) is 38.1 Å². The summed E-state index contributed by atoms with van der Waals surface area (Å²) in [5.41, 5.74) is 8.13. The maximum atomic E-state index is 12.2. The summed E-state index contributed by atoms with van der Waals surface area (Å²) in [6.45, 7) is 13.4. The Morgan fingerprint density at radius 2 is 1.71 bits per heavy atom. The summed E-state index contributed by atoms with van der Waals surface area (Å²) in [5, 5.41) is 0. The fourth-order valence-electron chi connectivity index (χ4n) is 4.78. The second-order valence-corrected chi connectivity index (χ2v) is 9.33. The Morgan fingerprint density at radius 1 is 1.03 bits per heavy atom. The molecule has 2 aromatic carbocycles. The van der Waals surface area contributed by atoms with Gasteiger partial charge in [0, 0.05) is 17.0 Å². The van der Waals surface area contributed by atoms with E-state index in [1.165, 1.54) is 29.5 Å². The van der Waals surface area contributed by atoms with Gasteiger partial charge in [0.25, 0.3) is 0 Å². The van der Waals surface area contributed by atoms with Gasteiger partial charge in [0.05, 0.1) is 12.3 Å². The number of nitrogens with zero attached hydrogens (tertiary/aromatic N) is 2. The lowest BCUT2D eigenvalue weighted by Gasteiger charge is -2.38. The number of amidine groups is 1. The SMILES string of the molecule is C=C1CC(CC)(CC)Cc2ccc(C3=NC(c4ccc(C(=O)C(C)C)cc4)=NC3)cc21. The van der Waals surface area contributed by atoms with Gasteiger partial charge in [0.1, 0.15) is 0 Å². The third-order valence-electron chi connectivity index (χ3n) is 7.05. The van der Waals surface area contributed by atoms with Gasteiger partial charge in [-0.05, 0) is 59.4 Å². The molecule has 4 rings (SSSR count). The van der Waals surface area contributed by atoms with Gasteiger partial charge in [0.2, 0.25) is 0 Å². The number of ketones is 1. The molecule has 31 heavy (non-hydrogen) atoms. The van der Waals surface area contributed by atoms with E-state index in [1.54, 1.807) is 0 Å². The van der Waals surface area contributed by atoms with Gasteiger partial charge in [-0.3, -0.25) is 9.79 Å². The lowest BCUT2D eigenvalue weighted by atomic mass is 9.66. The summed E-state index contributed by atoms with van der Waals surface area (Å²) in [6.07, 6.45) is 4.58.